The molecule has 0 aliphatic heterocycles. The van der Waals surface area contributed by atoms with Gasteiger partial charge in [-0.15, -0.1) is 0 Å². The number of anilines is 2. The lowest BCUT2D eigenvalue weighted by Gasteiger charge is -2.20. The van der Waals surface area contributed by atoms with E-state index in [0.717, 1.165) is 23.7 Å². The second-order valence-corrected chi connectivity index (χ2v) is 4.05. The minimum Gasteiger partial charge on any atom is -0.370 e. The first kappa shape index (κ1) is 14.2. The van der Waals surface area contributed by atoms with Crippen molar-refractivity contribution in [2.75, 3.05) is 37.4 Å². The monoisotopic (exact) mass is 251 g/mol. The van der Waals surface area contributed by atoms with Crippen molar-refractivity contribution in [2.24, 2.45) is 0 Å². The third-order valence-electron chi connectivity index (χ3n) is 2.72. The summed E-state index contributed by atoms with van der Waals surface area (Å²) in [6.07, 6.45) is 1.99. The number of carbonyl (C=O) groups excluding carboxylic acids is 1. The summed E-state index contributed by atoms with van der Waals surface area (Å²) in [5, 5.41) is 5.80. The first-order chi connectivity index (χ1) is 8.60. The van der Waals surface area contributed by atoms with Gasteiger partial charge in [-0.25, -0.2) is 9.97 Å². The van der Waals surface area contributed by atoms with Gasteiger partial charge in [-0.05, 0) is 13.8 Å². The van der Waals surface area contributed by atoms with Crippen LogP contribution in [0.25, 0.3) is 0 Å². The van der Waals surface area contributed by atoms with Crippen LogP contribution < -0.4 is 15.5 Å². The molecule has 0 unspecified atom stereocenters. The van der Waals surface area contributed by atoms with Crippen molar-refractivity contribution in [1.82, 2.24) is 15.3 Å². The van der Waals surface area contributed by atoms with Crippen molar-refractivity contribution in [1.29, 1.82) is 0 Å². The van der Waals surface area contributed by atoms with Gasteiger partial charge in [0, 0.05) is 39.2 Å². The largest absolute Gasteiger partial charge is 0.370 e. The molecule has 0 aliphatic rings. The van der Waals surface area contributed by atoms with Crippen molar-refractivity contribution in [3.05, 3.63) is 11.9 Å². The summed E-state index contributed by atoms with van der Waals surface area (Å²) in [7, 11) is 3.57. The predicted molar refractivity (Wildman–Crippen MR) is 72.9 cm³/mol. The molecule has 2 N–H and O–H groups in total. The van der Waals surface area contributed by atoms with E-state index in [9.17, 15) is 4.79 Å². The highest BCUT2D eigenvalue weighted by Gasteiger charge is 2.11. The maximum absolute atomic E-state index is 11.2. The van der Waals surface area contributed by atoms with Gasteiger partial charge in [0.2, 0.25) is 5.91 Å². The number of nitrogens with zero attached hydrogens (tertiary/aromatic N) is 3. The molecule has 1 aromatic rings. The average molecular weight is 251 g/mol. The number of nitrogens with one attached hydrogen (secondary N) is 2. The fraction of sp³-hybridized carbons (Fsp3) is 0.583. The molecule has 0 aliphatic carbocycles. The Balaban J connectivity index is 2.76. The summed E-state index contributed by atoms with van der Waals surface area (Å²) in [5.41, 5.74) is 0.999. The first-order valence-electron chi connectivity index (χ1n) is 6.07. The summed E-state index contributed by atoms with van der Waals surface area (Å²) in [5.74, 6) is 1.72. The summed E-state index contributed by atoms with van der Waals surface area (Å²) >= 11 is 0. The van der Waals surface area contributed by atoms with Crippen LogP contribution in [0.15, 0.2) is 6.33 Å². The van der Waals surface area contributed by atoms with E-state index in [-0.39, 0.29) is 5.91 Å². The van der Waals surface area contributed by atoms with Crippen molar-refractivity contribution in [2.45, 2.75) is 20.3 Å². The van der Waals surface area contributed by atoms with E-state index in [4.69, 9.17) is 0 Å². The Hall–Kier alpha value is -1.85. The molecular formula is C12H21N5O. The Kier molecular flexibility index (Phi) is 5.35. The molecule has 1 rings (SSSR count). The van der Waals surface area contributed by atoms with Gasteiger partial charge < -0.3 is 15.5 Å². The van der Waals surface area contributed by atoms with E-state index in [0.29, 0.717) is 13.0 Å². The molecule has 18 heavy (non-hydrogen) atoms. The summed E-state index contributed by atoms with van der Waals surface area (Å²) in [4.78, 5) is 21.6. The van der Waals surface area contributed by atoms with Crippen molar-refractivity contribution in [3.8, 4) is 0 Å². The third kappa shape index (κ3) is 3.58. The second-order valence-electron chi connectivity index (χ2n) is 4.05. The van der Waals surface area contributed by atoms with Crippen LogP contribution in [0.5, 0.6) is 0 Å². The van der Waals surface area contributed by atoms with Crippen LogP contribution in [0.1, 0.15) is 18.9 Å². The van der Waals surface area contributed by atoms with Gasteiger partial charge in [-0.1, -0.05) is 0 Å². The Labute approximate surface area is 108 Å². The zero-order valence-corrected chi connectivity index (χ0v) is 11.4. The van der Waals surface area contributed by atoms with Crippen LogP contribution in [0, 0.1) is 6.92 Å². The normalized spacial score (nSPS) is 10.0. The smallest absolute Gasteiger partial charge is 0.221 e. The Morgan fingerprint density at radius 1 is 1.44 bits per heavy atom. The maximum Gasteiger partial charge on any atom is 0.221 e. The molecule has 6 nitrogen and oxygen atoms in total. The lowest BCUT2D eigenvalue weighted by atomic mass is 10.2. The van der Waals surface area contributed by atoms with Crippen LogP contribution >= 0.6 is 0 Å². The molecule has 0 atom stereocenters. The molecule has 0 saturated heterocycles. The molecular weight excluding hydrogens is 230 g/mol. The molecule has 0 bridgehead atoms. The average Bonchev–Trinajstić information content (AvgIpc) is 2.38. The third-order valence-corrected chi connectivity index (χ3v) is 2.72. The molecule has 1 aromatic heterocycles. The highest BCUT2D eigenvalue weighted by atomic mass is 16.1. The molecule has 0 aromatic carbocycles. The Morgan fingerprint density at radius 3 is 2.78 bits per heavy atom. The minimum atomic E-state index is 0.0282. The SMILES string of the molecule is CCNc1ncnc(N(C)CCC(=O)NC)c1C. The van der Waals surface area contributed by atoms with Crippen LogP contribution in [0.3, 0.4) is 0 Å². The van der Waals surface area contributed by atoms with Crippen molar-refractivity contribution in [3.63, 3.8) is 0 Å². The highest BCUT2D eigenvalue weighted by Crippen LogP contribution is 2.20. The van der Waals surface area contributed by atoms with E-state index in [1.54, 1.807) is 7.05 Å². The summed E-state index contributed by atoms with van der Waals surface area (Å²) in [6.45, 7) is 5.45. The summed E-state index contributed by atoms with van der Waals surface area (Å²) < 4.78 is 0. The molecule has 100 valence electrons. The number of rotatable bonds is 6. The number of carbonyl (C=O) groups is 1. The van der Waals surface area contributed by atoms with Crippen molar-refractivity contribution < 1.29 is 4.79 Å². The lowest BCUT2D eigenvalue weighted by molar-refractivity contribution is -0.120. The van der Waals surface area contributed by atoms with E-state index < -0.39 is 0 Å². The standard InChI is InChI=1S/C12H21N5O/c1-5-14-11-9(2)12(16-8-15-11)17(4)7-6-10(18)13-3/h8H,5-7H2,1-4H3,(H,13,18)(H,14,15,16). The second kappa shape index (κ2) is 6.78. The topological polar surface area (TPSA) is 70.2 Å². The fourth-order valence-corrected chi connectivity index (χ4v) is 1.67. The van der Waals surface area contributed by atoms with Gasteiger partial charge in [0.1, 0.15) is 18.0 Å². The molecule has 1 amide bonds. The number of amides is 1. The van der Waals surface area contributed by atoms with Gasteiger partial charge in [-0.3, -0.25) is 4.79 Å². The van der Waals surface area contributed by atoms with Crippen LogP contribution in [0.2, 0.25) is 0 Å². The molecule has 1 heterocycles. The number of aromatic nitrogens is 2. The Morgan fingerprint density at radius 2 is 2.17 bits per heavy atom. The summed E-state index contributed by atoms with van der Waals surface area (Å²) in [6, 6.07) is 0. The fourth-order valence-electron chi connectivity index (χ4n) is 1.67. The lowest BCUT2D eigenvalue weighted by Crippen LogP contribution is -2.27. The van der Waals surface area contributed by atoms with Gasteiger partial charge in [0.15, 0.2) is 0 Å². The van der Waals surface area contributed by atoms with Crippen LogP contribution in [0.4, 0.5) is 11.6 Å². The maximum atomic E-state index is 11.2. The number of hydrogen-bond donors (Lipinski definition) is 2. The predicted octanol–water partition coefficient (Wildman–Crippen LogP) is 0.789. The van der Waals surface area contributed by atoms with Gasteiger partial charge in [0.25, 0.3) is 0 Å². The quantitative estimate of drug-likeness (QED) is 0.782. The molecule has 0 radical (unpaired) electrons. The molecule has 0 spiro atoms. The minimum absolute atomic E-state index is 0.0282. The molecule has 0 saturated carbocycles. The van der Waals surface area contributed by atoms with Gasteiger partial charge >= 0.3 is 0 Å². The van der Waals surface area contributed by atoms with E-state index >= 15 is 0 Å². The van der Waals surface area contributed by atoms with Gasteiger partial charge in [0.05, 0.1) is 0 Å². The van der Waals surface area contributed by atoms with E-state index in [1.807, 2.05) is 25.8 Å². The Bertz CT molecular complexity index is 407. The highest BCUT2D eigenvalue weighted by molar-refractivity contribution is 5.76. The zero-order valence-electron chi connectivity index (χ0n) is 11.4. The first-order valence-corrected chi connectivity index (χ1v) is 6.07. The number of hydrogen-bond acceptors (Lipinski definition) is 5. The van der Waals surface area contributed by atoms with Crippen LogP contribution in [-0.4, -0.2) is 43.1 Å². The molecule has 6 heteroatoms. The zero-order chi connectivity index (χ0) is 13.5. The van der Waals surface area contributed by atoms with Crippen molar-refractivity contribution >= 4 is 17.5 Å². The van der Waals surface area contributed by atoms with E-state index in [1.165, 1.54) is 6.33 Å². The van der Waals surface area contributed by atoms with E-state index in [2.05, 4.69) is 20.6 Å². The van der Waals surface area contributed by atoms with Crippen LogP contribution in [-0.2, 0) is 4.79 Å². The van der Waals surface area contributed by atoms with Gasteiger partial charge in [-0.2, -0.15) is 0 Å². The molecule has 0 fully saturated rings.